The van der Waals surface area contributed by atoms with Gasteiger partial charge in [-0.2, -0.15) is 0 Å². The van der Waals surface area contributed by atoms with Crippen molar-refractivity contribution in [2.45, 2.75) is 32.7 Å². The smallest absolute Gasteiger partial charge is 0.220 e. The fraction of sp³-hybridized carbons (Fsp3) is 0.300. The number of hydrogen-bond donors (Lipinski definition) is 2. The minimum absolute atomic E-state index is 0.00323. The van der Waals surface area contributed by atoms with Crippen LogP contribution in [-0.4, -0.2) is 23.0 Å². The third-order valence-electron chi connectivity index (χ3n) is 4.26. The molecule has 130 valence electrons. The number of aryl methyl sites for hydroxylation is 2. The molecule has 1 aromatic heterocycles. The molecule has 1 amide bonds. The normalized spacial score (nSPS) is 12.1. The summed E-state index contributed by atoms with van der Waals surface area (Å²) in [6.45, 7) is 4.00. The number of ether oxygens (including phenoxy) is 1. The molecule has 1 atom stereocenters. The molecule has 2 N–H and O–H groups in total. The summed E-state index contributed by atoms with van der Waals surface area (Å²) in [5.74, 6) is 1.62. The van der Waals surface area contributed by atoms with Crippen LogP contribution in [0.25, 0.3) is 11.0 Å². The molecule has 2 aromatic carbocycles. The zero-order valence-electron chi connectivity index (χ0n) is 14.8. The van der Waals surface area contributed by atoms with Crippen molar-refractivity contribution in [2.24, 2.45) is 0 Å². The summed E-state index contributed by atoms with van der Waals surface area (Å²) in [5, 5.41) is 3.04. The zero-order valence-corrected chi connectivity index (χ0v) is 14.8. The van der Waals surface area contributed by atoms with E-state index in [4.69, 9.17) is 4.74 Å². The Morgan fingerprint density at radius 3 is 2.84 bits per heavy atom. The van der Waals surface area contributed by atoms with Crippen LogP contribution in [0.3, 0.4) is 0 Å². The lowest BCUT2D eigenvalue weighted by molar-refractivity contribution is -0.121. The minimum Gasteiger partial charge on any atom is -0.496 e. The highest BCUT2D eigenvalue weighted by Crippen LogP contribution is 2.26. The monoisotopic (exact) mass is 337 g/mol. The number of nitrogens with zero attached hydrogens (tertiary/aromatic N) is 1. The highest BCUT2D eigenvalue weighted by molar-refractivity contribution is 5.77. The van der Waals surface area contributed by atoms with E-state index in [0.29, 0.717) is 12.8 Å². The molecule has 5 nitrogen and oxygen atoms in total. The lowest BCUT2D eigenvalue weighted by Crippen LogP contribution is -2.27. The number of benzene rings is 2. The quantitative estimate of drug-likeness (QED) is 0.721. The highest BCUT2D eigenvalue weighted by Gasteiger charge is 2.15. The van der Waals surface area contributed by atoms with Gasteiger partial charge in [0, 0.05) is 18.4 Å². The molecular formula is C20H23N3O2. The van der Waals surface area contributed by atoms with Gasteiger partial charge in [0.15, 0.2) is 0 Å². The fourth-order valence-corrected chi connectivity index (χ4v) is 2.94. The highest BCUT2D eigenvalue weighted by atomic mass is 16.5. The summed E-state index contributed by atoms with van der Waals surface area (Å²) < 4.78 is 5.40. The van der Waals surface area contributed by atoms with Crippen LogP contribution in [-0.2, 0) is 11.2 Å². The maximum absolute atomic E-state index is 12.3. The molecule has 0 saturated heterocycles. The van der Waals surface area contributed by atoms with Crippen molar-refractivity contribution >= 4 is 16.9 Å². The Kier molecular flexibility index (Phi) is 5.03. The first-order valence-corrected chi connectivity index (χ1v) is 8.44. The number of H-pyrrole nitrogens is 1. The van der Waals surface area contributed by atoms with Gasteiger partial charge in [-0.3, -0.25) is 4.79 Å². The number of fused-ring (bicyclic) bond motifs is 1. The molecule has 0 aliphatic carbocycles. The number of rotatable bonds is 6. The van der Waals surface area contributed by atoms with Gasteiger partial charge in [-0.15, -0.1) is 0 Å². The Morgan fingerprint density at radius 2 is 2.08 bits per heavy atom. The number of aromatic nitrogens is 2. The van der Waals surface area contributed by atoms with E-state index < -0.39 is 0 Å². The number of imidazole rings is 1. The third kappa shape index (κ3) is 3.99. The van der Waals surface area contributed by atoms with E-state index in [1.165, 1.54) is 0 Å². The van der Waals surface area contributed by atoms with Crippen molar-refractivity contribution in [1.29, 1.82) is 0 Å². The number of nitrogens with one attached hydrogen (secondary N) is 2. The first-order valence-electron chi connectivity index (χ1n) is 8.44. The molecule has 0 fully saturated rings. The van der Waals surface area contributed by atoms with Crippen molar-refractivity contribution in [1.82, 2.24) is 15.3 Å². The minimum atomic E-state index is -0.113. The molecule has 5 heteroatoms. The van der Waals surface area contributed by atoms with Crippen LogP contribution in [0.15, 0.2) is 42.5 Å². The van der Waals surface area contributed by atoms with Crippen LogP contribution in [0, 0.1) is 6.92 Å². The largest absolute Gasteiger partial charge is 0.496 e. The molecule has 0 aliphatic rings. The molecular weight excluding hydrogens is 314 g/mol. The predicted molar refractivity (Wildman–Crippen MR) is 98.7 cm³/mol. The van der Waals surface area contributed by atoms with Crippen molar-refractivity contribution in [3.63, 3.8) is 0 Å². The number of amides is 1. The summed E-state index contributed by atoms with van der Waals surface area (Å²) >= 11 is 0. The Balaban J connectivity index is 1.61. The van der Waals surface area contributed by atoms with E-state index in [9.17, 15) is 4.79 Å². The molecule has 25 heavy (non-hydrogen) atoms. The summed E-state index contributed by atoms with van der Waals surface area (Å²) in [6, 6.07) is 13.7. The average molecular weight is 337 g/mol. The van der Waals surface area contributed by atoms with E-state index in [2.05, 4.69) is 15.3 Å². The maximum atomic E-state index is 12.3. The standard InChI is InChI=1S/C20H23N3O2/c1-13-8-9-18(25-3)15(12-13)14(2)21-20(24)11-10-19-22-16-6-4-5-7-17(16)23-19/h4-9,12,14H,10-11H2,1-3H3,(H,21,24)(H,22,23)/t14-/m1/s1. The SMILES string of the molecule is COc1ccc(C)cc1[C@@H](C)NC(=O)CCc1nc2ccccc2[nH]1. The van der Waals surface area contributed by atoms with Crippen molar-refractivity contribution in [3.8, 4) is 5.75 Å². The van der Waals surface area contributed by atoms with Gasteiger partial charge in [0.05, 0.1) is 24.2 Å². The van der Waals surface area contributed by atoms with Crippen molar-refractivity contribution in [3.05, 3.63) is 59.4 Å². The molecule has 1 heterocycles. The summed E-state index contributed by atoms with van der Waals surface area (Å²) in [7, 11) is 1.64. The lowest BCUT2D eigenvalue weighted by Gasteiger charge is -2.18. The van der Waals surface area contributed by atoms with Gasteiger partial charge in [-0.05, 0) is 32.0 Å². The van der Waals surface area contributed by atoms with Crippen LogP contribution in [0.1, 0.15) is 36.3 Å². The van der Waals surface area contributed by atoms with Gasteiger partial charge in [-0.1, -0.05) is 29.8 Å². The third-order valence-corrected chi connectivity index (χ3v) is 4.26. The Bertz CT molecular complexity index is 853. The molecule has 0 radical (unpaired) electrons. The van der Waals surface area contributed by atoms with E-state index in [-0.39, 0.29) is 11.9 Å². The Morgan fingerprint density at radius 1 is 1.28 bits per heavy atom. The Hall–Kier alpha value is -2.82. The first kappa shape index (κ1) is 17.0. The maximum Gasteiger partial charge on any atom is 0.220 e. The predicted octanol–water partition coefficient (Wildman–Crippen LogP) is 3.69. The Labute approximate surface area is 147 Å². The first-order chi connectivity index (χ1) is 12.1. The molecule has 0 saturated carbocycles. The second-order valence-corrected chi connectivity index (χ2v) is 6.24. The second kappa shape index (κ2) is 7.38. The van der Waals surface area contributed by atoms with Gasteiger partial charge in [-0.25, -0.2) is 4.98 Å². The summed E-state index contributed by atoms with van der Waals surface area (Å²) in [5.41, 5.74) is 4.05. The lowest BCUT2D eigenvalue weighted by atomic mass is 10.0. The molecule has 3 rings (SSSR count). The van der Waals surface area contributed by atoms with Crippen molar-refractivity contribution in [2.75, 3.05) is 7.11 Å². The molecule has 0 aliphatic heterocycles. The number of methoxy groups -OCH3 is 1. The number of para-hydroxylation sites is 2. The van der Waals surface area contributed by atoms with Crippen LogP contribution >= 0.6 is 0 Å². The molecule has 3 aromatic rings. The summed E-state index contributed by atoms with van der Waals surface area (Å²) in [4.78, 5) is 20.1. The number of carbonyl (C=O) groups excluding carboxylic acids is 1. The second-order valence-electron chi connectivity index (χ2n) is 6.24. The number of hydrogen-bond acceptors (Lipinski definition) is 3. The fourth-order valence-electron chi connectivity index (χ4n) is 2.94. The average Bonchev–Trinajstić information content (AvgIpc) is 3.03. The van der Waals surface area contributed by atoms with Crippen LogP contribution in [0.4, 0.5) is 0 Å². The topological polar surface area (TPSA) is 67.0 Å². The van der Waals surface area contributed by atoms with E-state index in [1.807, 2.05) is 56.3 Å². The molecule has 0 unspecified atom stereocenters. The number of aromatic amines is 1. The molecule has 0 spiro atoms. The molecule has 0 bridgehead atoms. The summed E-state index contributed by atoms with van der Waals surface area (Å²) in [6.07, 6.45) is 0.969. The van der Waals surface area contributed by atoms with Crippen LogP contribution in [0.2, 0.25) is 0 Å². The van der Waals surface area contributed by atoms with Crippen molar-refractivity contribution < 1.29 is 9.53 Å². The van der Waals surface area contributed by atoms with Gasteiger partial charge in [0.25, 0.3) is 0 Å². The van der Waals surface area contributed by atoms with E-state index in [1.54, 1.807) is 7.11 Å². The van der Waals surface area contributed by atoms with E-state index in [0.717, 1.165) is 33.7 Å². The van der Waals surface area contributed by atoms with E-state index >= 15 is 0 Å². The van der Waals surface area contributed by atoms with Gasteiger partial charge >= 0.3 is 0 Å². The van der Waals surface area contributed by atoms with Gasteiger partial charge in [0.2, 0.25) is 5.91 Å². The van der Waals surface area contributed by atoms with Crippen LogP contribution < -0.4 is 10.1 Å². The van der Waals surface area contributed by atoms with Crippen LogP contribution in [0.5, 0.6) is 5.75 Å². The number of carbonyl (C=O) groups is 1. The van der Waals surface area contributed by atoms with Gasteiger partial charge in [0.1, 0.15) is 11.6 Å². The van der Waals surface area contributed by atoms with Gasteiger partial charge < -0.3 is 15.0 Å². The zero-order chi connectivity index (χ0) is 17.8.